The van der Waals surface area contributed by atoms with E-state index >= 15 is 0 Å². The molecule has 2 amide bonds. The largest absolute Gasteiger partial charge is 0.471 e. The van der Waals surface area contributed by atoms with Crippen LogP contribution in [0.5, 0.6) is 0 Å². The number of carbonyl (C=O) groups excluding carboxylic acids is 2. The smallest absolute Gasteiger partial charge is 0.346 e. The van der Waals surface area contributed by atoms with Crippen molar-refractivity contribution in [2.24, 2.45) is 5.92 Å². The van der Waals surface area contributed by atoms with Gasteiger partial charge in [0, 0.05) is 42.6 Å². The fraction of sp³-hybridized carbons (Fsp3) is 0.450. The molecular weight excluding hydrogens is 399 g/mol. The van der Waals surface area contributed by atoms with Crippen LogP contribution in [0.2, 0.25) is 0 Å². The molecule has 1 aliphatic heterocycles. The van der Waals surface area contributed by atoms with E-state index in [4.69, 9.17) is 9.60 Å². The van der Waals surface area contributed by atoms with E-state index < -0.39 is 61.4 Å². The predicted octanol–water partition coefficient (Wildman–Crippen LogP) is 2.77. The van der Waals surface area contributed by atoms with Gasteiger partial charge in [-0.2, -0.15) is 13.2 Å². The standard InChI is InChI=1S/C20H22F3N5O2/c1-12-4-6-14(10-26-19(30)20(21,22)23)28(11-12)18(29)16-15(7-5-13(2)27-16)17-24-8-3-9-25-17/h3,5,7-9,12,14H,4,6,10-11H2,1-2H3,(H,26,30)/t12-,14-/m0/s1/i4D2,6D2,10D2,14D. The van der Waals surface area contributed by atoms with Gasteiger partial charge in [-0.15, -0.1) is 0 Å². The van der Waals surface area contributed by atoms with E-state index in [9.17, 15) is 22.8 Å². The van der Waals surface area contributed by atoms with Gasteiger partial charge in [0.25, 0.3) is 5.91 Å². The number of rotatable bonds is 4. The molecule has 2 aromatic heterocycles. The highest BCUT2D eigenvalue weighted by molar-refractivity contribution is 5.98. The number of nitrogens with zero attached hydrogens (tertiary/aromatic N) is 4. The Kier molecular flexibility index (Phi) is 4.10. The Bertz CT molecular complexity index is 1220. The van der Waals surface area contributed by atoms with E-state index in [1.54, 1.807) is 0 Å². The molecule has 1 aliphatic rings. The number of alkyl halides is 3. The van der Waals surface area contributed by atoms with Crippen molar-refractivity contribution in [3.63, 3.8) is 0 Å². The molecule has 10 heteroatoms. The SMILES string of the molecule is [2H]C1([2H])[C@H](C)CN(C(=O)c2nc(C)ccc2-c2ncccn2)[C@]([2H])(C([2H])([2H])NC(=O)C(F)(F)F)C1([2H])[2H]. The molecule has 7 nitrogen and oxygen atoms in total. The number of aryl methyl sites for hydroxylation is 1. The summed E-state index contributed by atoms with van der Waals surface area (Å²) in [5.41, 5.74) is -0.193. The molecule has 0 aromatic carbocycles. The van der Waals surface area contributed by atoms with Gasteiger partial charge in [-0.25, -0.2) is 15.0 Å². The number of carbonyl (C=O) groups is 2. The van der Waals surface area contributed by atoms with Crippen LogP contribution in [0.1, 0.15) is 45.4 Å². The van der Waals surface area contributed by atoms with Crippen LogP contribution in [0.25, 0.3) is 11.4 Å². The zero-order chi connectivity index (χ0) is 28.2. The first-order valence-corrected chi connectivity index (χ1v) is 8.75. The minimum atomic E-state index is -5.61. The number of pyridine rings is 1. The third kappa shape index (κ3) is 4.92. The van der Waals surface area contributed by atoms with Crippen LogP contribution in [-0.2, 0) is 4.79 Å². The summed E-state index contributed by atoms with van der Waals surface area (Å²) < 4.78 is 97.3. The second kappa shape index (κ2) is 8.76. The van der Waals surface area contributed by atoms with Gasteiger partial charge >= 0.3 is 12.1 Å². The molecule has 3 rings (SSSR count). The summed E-state index contributed by atoms with van der Waals surface area (Å²) >= 11 is 0. The molecule has 2 atom stereocenters. The van der Waals surface area contributed by atoms with Crippen LogP contribution in [-0.4, -0.2) is 56.9 Å². The first-order chi connectivity index (χ1) is 16.8. The first-order valence-electron chi connectivity index (χ1n) is 12.3. The van der Waals surface area contributed by atoms with Gasteiger partial charge in [-0.1, -0.05) is 6.92 Å². The van der Waals surface area contributed by atoms with Gasteiger partial charge in [0.15, 0.2) is 5.82 Å². The lowest BCUT2D eigenvalue weighted by Crippen LogP contribution is -2.53. The third-order valence-corrected chi connectivity index (χ3v) is 4.00. The minimum Gasteiger partial charge on any atom is -0.346 e. The second-order valence-electron chi connectivity index (χ2n) is 6.43. The van der Waals surface area contributed by atoms with Crippen molar-refractivity contribution in [3.8, 4) is 11.4 Å². The van der Waals surface area contributed by atoms with E-state index in [-0.39, 0.29) is 22.0 Å². The highest BCUT2D eigenvalue weighted by Gasteiger charge is 2.40. The maximum atomic E-state index is 13.8. The molecule has 1 N–H and O–H groups in total. The quantitative estimate of drug-likeness (QED) is 0.809. The van der Waals surface area contributed by atoms with Crippen LogP contribution < -0.4 is 5.32 Å². The highest BCUT2D eigenvalue weighted by Crippen LogP contribution is 2.27. The molecule has 1 saturated heterocycles. The van der Waals surface area contributed by atoms with E-state index in [0.717, 1.165) is 5.32 Å². The minimum absolute atomic E-state index is 0.000219. The van der Waals surface area contributed by atoms with Gasteiger partial charge < -0.3 is 10.2 Å². The van der Waals surface area contributed by atoms with Crippen molar-refractivity contribution in [2.45, 2.75) is 38.8 Å². The summed E-state index contributed by atoms with van der Waals surface area (Å²) in [6, 6.07) is 0.657. The van der Waals surface area contributed by atoms with Crippen LogP contribution in [0.15, 0.2) is 30.6 Å². The molecule has 0 spiro atoms. The third-order valence-electron chi connectivity index (χ3n) is 4.00. The summed E-state index contributed by atoms with van der Waals surface area (Å²) in [6.45, 7) is -2.02. The number of aromatic nitrogens is 3. The van der Waals surface area contributed by atoms with Crippen LogP contribution >= 0.6 is 0 Å². The Morgan fingerprint density at radius 1 is 1.33 bits per heavy atom. The normalized spacial score (nSPS) is 29.2. The number of nitrogens with one attached hydrogen (secondary N) is 1. The number of piperidine rings is 1. The summed E-state index contributed by atoms with van der Waals surface area (Å²) in [5.74, 6) is -5.48. The molecule has 0 radical (unpaired) electrons. The number of amides is 2. The van der Waals surface area contributed by atoms with Crippen molar-refractivity contribution in [3.05, 3.63) is 42.0 Å². The summed E-state index contributed by atoms with van der Waals surface area (Å²) in [6.07, 6.45) is -9.54. The van der Waals surface area contributed by atoms with E-state index in [2.05, 4.69) is 15.0 Å². The van der Waals surface area contributed by atoms with Crippen molar-refractivity contribution >= 4 is 11.8 Å². The number of hydrogen-bond donors (Lipinski definition) is 1. The zero-order valence-electron chi connectivity index (χ0n) is 22.9. The van der Waals surface area contributed by atoms with E-state index in [0.29, 0.717) is 0 Å². The molecule has 0 saturated carbocycles. The first kappa shape index (κ1) is 14.1. The molecule has 3 heterocycles. The van der Waals surface area contributed by atoms with Gasteiger partial charge in [0.05, 0.1) is 9.68 Å². The van der Waals surface area contributed by atoms with Crippen LogP contribution in [0.3, 0.4) is 0 Å². The Labute approximate surface area is 181 Å². The maximum absolute atomic E-state index is 13.8. The summed E-state index contributed by atoms with van der Waals surface area (Å²) in [5, 5.41) is 0.945. The van der Waals surface area contributed by atoms with Gasteiger partial charge in [-0.05, 0) is 43.8 Å². The lowest BCUT2D eigenvalue weighted by atomic mass is 9.93. The average molecular weight is 428 g/mol. The zero-order valence-corrected chi connectivity index (χ0v) is 15.9. The summed E-state index contributed by atoms with van der Waals surface area (Å²) in [7, 11) is 0. The molecule has 0 unspecified atom stereocenters. The molecule has 2 aromatic rings. The molecule has 0 aliphatic carbocycles. The lowest BCUT2D eigenvalue weighted by Gasteiger charge is -2.39. The van der Waals surface area contributed by atoms with E-state index in [1.807, 2.05) is 0 Å². The fourth-order valence-electron chi connectivity index (χ4n) is 2.61. The molecule has 160 valence electrons. The fourth-order valence-corrected chi connectivity index (χ4v) is 2.61. The van der Waals surface area contributed by atoms with Gasteiger partial charge in [-0.3, -0.25) is 9.59 Å². The Hall–Kier alpha value is -3.04. The Morgan fingerprint density at radius 2 is 2.03 bits per heavy atom. The number of hydrogen-bond acceptors (Lipinski definition) is 5. The summed E-state index contributed by atoms with van der Waals surface area (Å²) in [4.78, 5) is 37.9. The second-order valence-corrected chi connectivity index (χ2v) is 6.43. The lowest BCUT2D eigenvalue weighted by molar-refractivity contribution is -0.173. The molecule has 1 fully saturated rings. The van der Waals surface area contributed by atoms with Crippen LogP contribution in [0, 0.1) is 12.8 Å². The number of halogens is 3. The van der Waals surface area contributed by atoms with Crippen molar-refractivity contribution in [1.29, 1.82) is 0 Å². The van der Waals surface area contributed by atoms with Crippen molar-refractivity contribution in [1.82, 2.24) is 25.2 Å². The highest BCUT2D eigenvalue weighted by atomic mass is 19.4. The monoisotopic (exact) mass is 428 g/mol. The van der Waals surface area contributed by atoms with Gasteiger partial charge in [0.2, 0.25) is 0 Å². The Balaban J connectivity index is 2.25. The molecular formula is C20H22F3N5O2. The van der Waals surface area contributed by atoms with Crippen molar-refractivity contribution in [2.75, 3.05) is 13.0 Å². The van der Waals surface area contributed by atoms with Crippen molar-refractivity contribution < 1.29 is 32.4 Å². The number of likely N-dealkylation sites (tertiary alicyclic amines) is 1. The van der Waals surface area contributed by atoms with Crippen LogP contribution in [0.4, 0.5) is 13.2 Å². The molecule has 30 heavy (non-hydrogen) atoms. The van der Waals surface area contributed by atoms with E-state index in [1.165, 1.54) is 44.4 Å². The predicted molar refractivity (Wildman–Crippen MR) is 102 cm³/mol. The maximum Gasteiger partial charge on any atom is 0.471 e. The topological polar surface area (TPSA) is 88.1 Å². The average Bonchev–Trinajstić information content (AvgIpc) is 2.79. The molecule has 0 bridgehead atoms. The van der Waals surface area contributed by atoms with Gasteiger partial charge in [0.1, 0.15) is 5.69 Å². The Morgan fingerprint density at radius 3 is 2.70 bits per heavy atom.